The van der Waals surface area contributed by atoms with E-state index in [4.69, 9.17) is 0 Å². The Morgan fingerprint density at radius 2 is 2.05 bits per heavy atom. The van der Waals surface area contributed by atoms with Gasteiger partial charge in [-0.2, -0.15) is 0 Å². The quantitative estimate of drug-likeness (QED) is 0.718. The molecule has 0 aliphatic carbocycles. The number of carbonyl (C=O) groups is 1. The van der Waals surface area contributed by atoms with Gasteiger partial charge >= 0.3 is 0 Å². The maximum atomic E-state index is 12.3. The van der Waals surface area contributed by atoms with Gasteiger partial charge in [0.15, 0.2) is 0 Å². The van der Waals surface area contributed by atoms with E-state index in [1.54, 1.807) is 4.90 Å². The van der Waals surface area contributed by atoms with Crippen molar-refractivity contribution in [2.24, 2.45) is 0 Å². The van der Waals surface area contributed by atoms with Gasteiger partial charge in [0, 0.05) is 18.1 Å². The third-order valence-corrected chi connectivity index (χ3v) is 5.95. The number of hydrogen-bond donors (Lipinski definition) is 0. The minimum Gasteiger partial charge on any atom is -0.337 e. The molecule has 1 aromatic carbocycles. The highest BCUT2D eigenvalue weighted by molar-refractivity contribution is 9.13. The van der Waals surface area contributed by atoms with Crippen LogP contribution in [-0.4, -0.2) is 17.9 Å². The lowest BCUT2D eigenvalue weighted by atomic mass is 10.1. The molecule has 19 heavy (non-hydrogen) atoms. The number of halogens is 2. The standard InChI is InChI=1S/C14H13Br2NOS/c1-9-4-3-5-10(6-9)8-17(2)14(18)12-7-11(15)13(16)19-12/h3-7H,8H2,1-2H3. The van der Waals surface area contributed by atoms with E-state index < -0.39 is 0 Å². The van der Waals surface area contributed by atoms with Crippen molar-refractivity contribution in [1.29, 1.82) is 0 Å². The molecule has 0 saturated heterocycles. The molecule has 2 nitrogen and oxygen atoms in total. The van der Waals surface area contributed by atoms with Crippen LogP contribution in [0.25, 0.3) is 0 Å². The highest BCUT2D eigenvalue weighted by atomic mass is 79.9. The van der Waals surface area contributed by atoms with Gasteiger partial charge in [-0.15, -0.1) is 11.3 Å². The third-order valence-electron chi connectivity index (χ3n) is 2.70. The van der Waals surface area contributed by atoms with E-state index in [2.05, 4.69) is 50.9 Å². The van der Waals surface area contributed by atoms with Gasteiger partial charge in [-0.1, -0.05) is 29.8 Å². The molecule has 0 aliphatic rings. The molecular weight excluding hydrogens is 390 g/mol. The summed E-state index contributed by atoms with van der Waals surface area (Å²) in [6.45, 7) is 2.67. The predicted molar refractivity (Wildman–Crippen MR) is 86.7 cm³/mol. The summed E-state index contributed by atoms with van der Waals surface area (Å²) in [4.78, 5) is 14.8. The molecule has 1 amide bonds. The second-order valence-corrected chi connectivity index (χ2v) is 7.61. The minimum absolute atomic E-state index is 0.0397. The fraction of sp³-hybridized carbons (Fsp3) is 0.214. The van der Waals surface area contributed by atoms with E-state index in [1.165, 1.54) is 16.9 Å². The average molecular weight is 403 g/mol. The maximum Gasteiger partial charge on any atom is 0.264 e. The van der Waals surface area contributed by atoms with Gasteiger partial charge in [-0.05, 0) is 50.4 Å². The van der Waals surface area contributed by atoms with E-state index in [0.29, 0.717) is 6.54 Å². The van der Waals surface area contributed by atoms with E-state index >= 15 is 0 Å². The Kier molecular flexibility index (Phi) is 4.81. The number of carbonyl (C=O) groups excluding carboxylic acids is 1. The Hall–Kier alpha value is -0.650. The molecule has 0 fully saturated rings. The largest absolute Gasteiger partial charge is 0.337 e. The SMILES string of the molecule is Cc1cccc(CN(C)C(=O)c2cc(Br)c(Br)s2)c1. The van der Waals surface area contributed by atoms with Crippen LogP contribution in [0.3, 0.4) is 0 Å². The van der Waals surface area contributed by atoms with E-state index in [9.17, 15) is 4.79 Å². The highest BCUT2D eigenvalue weighted by Gasteiger charge is 2.16. The lowest BCUT2D eigenvalue weighted by molar-refractivity contribution is 0.0790. The van der Waals surface area contributed by atoms with Crippen LogP contribution in [0.5, 0.6) is 0 Å². The van der Waals surface area contributed by atoms with Crippen molar-refractivity contribution in [2.45, 2.75) is 13.5 Å². The number of benzene rings is 1. The van der Waals surface area contributed by atoms with Gasteiger partial charge in [0.1, 0.15) is 0 Å². The van der Waals surface area contributed by atoms with E-state index in [1.807, 2.05) is 25.2 Å². The Morgan fingerprint density at radius 1 is 1.32 bits per heavy atom. The lowest BCUT2D eigenvalue weighted by Gasteiger charge is -2.16. The van der Waals surface area contributed by atoms with Crippen molar-refractivity contribution in [3.8, 4) is 0 Å². The summed E-state index contributed by atoms with van der Waals surface area (Å²) < 4.78 is 1.87. The van der Waals surface area contributed by atoms with Gasteiger partial charge in [-0.25, -0.2) is 0 Å². The molecule has 1 aromatic heterocycles. The number of hydrogen-bond acceptors (Lipinski definition) is 2. The first kappa shape index (κ1) is 14.8. The van der Waals surface area contributed by atoms with Crippen LogP contribution in [-0.2, 0) is 6.54 Å². The minimum atomic E-state index is 0.0397. The molecule has 0 saturated carbocycles. The van der Waals surface area contributed by atoms with Gasteiger partial charge in [0.05, 0.1) is 8.66 Å². The van der Waals surface area contributed by atoms with Crippen molar-refractivity contribution >= 4 is 49.1 Å². The van der Waals surface area contributed by atoms with Crippen LogP contribution in [0, 0.1) is 6.92 Å². The first-order valence-corrected chi connectivity index (χ1v) is 8.13. The summed E-state index contributed by atoms with van der Waals surface area (Å²) in [7, 11) is 1.83. The van der Waals surface area contributed by atoms with Crippen molar-refractivity contribution < 1.29 is 4.79 Å². The van der Waals surface area contributed by atoms with E-state index in [-0.39, 0.29) is 5.91 Å². The van der Waals surface area contributed by atoms with Crippen LogP contribution >= 0.6 is 43.2 Å². The maximum absolute atomic E-state index is 12.3. The van der Waals surface area contributed by atoms with Crippen molar-refractivity contribution in [3.05, 3.63) is 54.6 Å². The Labute approximate surface area is 133 Å². The average Bonchev–Trinajstić information content (AvgIpc) is 2.68. The van der Waals surface area contributed by atoms with Gasteiger partial charge in [0.25, 0.3) is 5.91 Å². The lowest BCUT2D eigenvalue weighted by Crippen LogP contribution is -2.25. The summed E-state index contributed by atoms with van der Waals surface area (Å²) in [5, 5.41) is 0. The van der Waals surface area contributed by atoms with Crippen LogP contribution in [0.1, 0.15) is 20.8 Å². The molecule has 0 bridgehead atoms. The zero-order valence-electron chi connectivity index (χ0n) is 10.6. The van der Waals surface area contributed by atoms with Gasteiger partial charge in [0.2, 0.25) is 0 Å². The van der Waals surface area contributed by atoms with Crippen LogP contribution in [0.2, 0.25) is 0 Å². The van der Waals surface area contributed by atoms with Crippen molar-refractivity contribution in [3.63, 3.8) is 0 Å². The second-order valence-electron chi connectivity index (χ2n) is 4.38. The first-order chi connectivity index (χ1) is 8.97. The summed E-state index contributed by atoms with van der Waals surface area (Å²) >= 11 is 8.26. The molecular formula is C14H13Br2NOS. The Morgan fingerprint density at radius 3 is 2.63 bits per heavy atom. The fourth-order valence-corrected chi connectivity index (χ4v) is 3.83. The van der Waals surface area contributed by atoms with E-state index in [0.717, 1.165) is 18.7 Å². The Balaban J connectivity index is 2.11. The first-order valence-electron chi connectivity index (χ1n) is 5.73. The van der Waals surface area contributed by atoms with Crippen LogP contribution in [0.15, 0.2) is 38.6 Å². The zero-order chi connectivity index (χ0) is 14.0. The molecule has 0 N–H and O–H groups in total. The molecule has 5 heteroatoms. The number of amides is 1. The normalized spacial score (nSPS) is 10.5. The number of rotatable bonds is 3. The molecule has 0 aliphatic heterocycles. The monoisotopic (exact) mass is 401 g/mol. The zero-order valence-corrected chi connectivity index (χ0v) is 14.6. The van der Waals surface area contributed by atoms with Crippen molar-refractivity contribution in [2.75, 3.05) is 7.05 Å². The van der Waals surface area contributed by atoms with Gasteiger partial charge < -0.3 is 4.90 Å². The topological polar surface area (TPSA) is 20.3 Å². The predicted octanol–water partition coefficient (Wildman–Crippen LogP) is 4.85. The molecule has 0 spiro atoms. The molecule has 0 atom stereocenters. The molecule has 2 rings (SSSR count). The molecule has 1 heterocycles. The number of thiophene rings is 1. The summed E-state index contributed by atoms with van der Waals surface area (Å²) in [6, 6.07) is 10.1. The summed E-state index contributed by atoms with van der Waals surface area (Å²) in [6.07, 6.45) is 0. The smallest absolute Gasteiger partial charge is 0.264 e. The third kappa shape index (κ3) is 3.68. The van der Waals surface area contributed by atoms with Crippen LogP contribution < -0.4 is 0 Å². The number of nitrogens with zero attached hydrogens (tertiary/aromatic N) is 1. The van der Waals surface area contributed by atoms with Gasteiger partial charge in [-0.3, -0.25) is 4.79 Å². The number of aryl methyl sites for hydroxylation is 1. The highest BCUT2D eigenvalue weighted by Crippen LogP contribution is 2.33. The van der Waals surface area contributed by atoms with Crippen LogP contribution in [0.4, 0.5) is 0 Å². The van der Waals surface area contributed by atoms with Crippen molar-refractivity contribution in [1.82, 2.24) is 4.90 Å². The molecule has 100 valence electrons. The molecule has 0 unspecified atom stereocenters. The second kappa shape index (κ2) is 6.20. The summed E-state index contributed by atoms with van der Waals surface area (Å²) in [5.41, 5.74) is 2.35. The molecule has 2 aromatic rings. The molecule has 0 radical (unpaired) electrons. The Bertz CT molecular complexity index is 590. The summed E-state index contributed by atoms with van der Waals surface area (Å²) in [5.74, 6) is 0.0397. The fourth-order valence-electron chi connectivity index (χ4n) is 1.80.